The minimum absolute atomic E-state index is 0.0561. The summed E-state index contributed by atoms with van der Waals surface area (Å²) in [6.45, 7) is 2.74. The summed E-state index contributed by atoms with van der Waals surface area (Å²) in [5.41, 5.74) is 0.978. The first-order valence-corrected chi connectivity index (χ1v) is 6.71. The number of amides is 1. The number of nitrogens with one attached hydrogen (secondary N) is 1. The van der Waals surface area contributed by atoms with Gasteiger partial charge in [-0.2, -0.15) is 0 Å². The van der Waals surface area contributed by atoms with E-state index in [1.54, 1.807) is 21.3 Å². The Morgan fingerprint density at radius 3 is 2.15 bits per heavy atom. The van der Waals surface area contributed by atoms with Gasteiger partial charge in [0.15, 0.2) is 11.5 Å². The lowest BCUT2D eigenvalue weighted by atomic mass is 10.1. The molecule has 0 atom stereocenters. The second-order valence-electron chi connectivity index (χ2n) is 4.38. The number of aryl methyl sites for hydroxylation is 1. The van der Waals surface area contributed by atoms with Gasteiger partial charge in [0, 0.05) is 13.0 Å². The highest BCUT2D eigenvalue weighted by Gasteiger charge is 2.13. The van der Waals surface area contributed by atoms with Crippen LogP contribution in [0.2, 0.25) is 0 Å². The molecule has 0 bridgehead atoms. The molecule has 20 heavy (non-hydrogen) atoms. The molecule has 0 heterocycles. The summed E-state index contributed by atoms with van der Waals surface area (Å²) in [6.07, 6.45) is 2.01. The van der Waals surface area contributed by atoms with Crippen molar-refractivity contribution < 1.29 is 19.0 Å². The molecule has 1 N–H and O–H groups in total. The van der Waals surface area contributed by atoms with Gasteiger partial charge in [-0.05, 0) is 30.5 Å². The molecule has 0 aliphatic rings. The predicted octanol–water partition coefficient (Wildman–Crippen LogP) is 2.17. The van der Waals surface area contributed by atoms with E-state index in [0.717, 1.165) is 12.0 Å². The van der Waals surface area contributed by atoms with E-state index >= 15 is 0 Å². The molecule has 0 saturated heterocycles. The average molecular weight is 281 g/mol. The molecule has 5 heteroatoms. The van der Waals surface area contributed by atoms with E-state index < -0.39 is 0 Å². The number of rotatable bonds is 8. The van der Waals surface area contributed by atoms with Crippen LogP contribution in [0.25, 0.3) is 0 Å². The summed E-state index contributed by atoms with van der Waals surface area (Å²) in [5, 5.41) is 2.86. The van der Waals surface area contributed by atoms with Gasteiger partial charge in [-0.25, -0.2) is 0 Å². The van der Waals surface area contributed by atoms with Crippen molar-refractivity contribution in [3.8, 4) is 17.2 Å². The first-order chi connectivity index (χ1) is 9.65. The maximum absolute atomic E-state index is 11.6. The minimum Gasteiger partial charge on any atom is -0.493 e. The molecule has 0 aliphatic heterocycles. The highest BCUT2D eigenvalue weighted by Crippen LogP contribution is 2.38. The van der Waals surface area contributed by atoms with Crippen LogP contribution in [0.3, 0.4) is 0 Å². The summed E-state index contributed by atoms with van der Waals surface area (Å²) < 4.78 is 15.8. The van der Waals surface area contributed by atoms with E-state index in [-0.39, 0.29) is 5.91 Å². The normalized spacial score (nSPS) is 10.0. The highest BCUT2D eigenvalue weighted by molar-refractivity contribution is 5.76. The third-order valence-electron chi connectivity index (χ3n) is 2.94. The van der Waals surface area contributed by atoms with Gasteiger partial charge in [-0.3, -0.25) is 4.79 Å². The van der Waals surface area contributed by atoms with Crippen LogP contribution < -0.4 is 19.5 Å². The molecule has 0 radical (unpaired) electrons. The van der Waals surface area contributed by atoms with Gasteiger partial charge in [0.05, 0.1) is 21.3 Å². The second-order valence-corrected chi connectivity index (χ2v) is 4.38. The average Bonchev–Trinajstić information content (AvgIpc) is 2.49. The first-order valence-electron chi connectivity index (χ1n) is 6.71. The van der Waals surface area contributed by atoms with Crippen LogP contribution in [-0.2, 0) is 11.2 Å². The summed E-state index contributed by atoms with van der Waals surface area (Å²) in [7, 11) is 4.72. The number of methoxy groups -OCH3 is 3. The Hall–Kier alpha value is -1.91. The summed E-state index contributed by atoms with van der Waals surface area (Å²) in [5.74, 6) is 1.83. The van der Waals surface area contributed by atoms with Gasteiger partial charge in [-0.15, -0.1) is 0 Å². The molecule has 1 aromatic rings. The number of ether oxygens (including phenoxy) is 3. The van der Waals surface area contributed by atoms with Crippen molar-refractivity contribution >= 4 is 5.91 Å². The fraction of sp³-hybridized carbons (Fsp3) is 0.533. The molecule has 0 aliphatic carbocycles. The van der Waals surface area contributed by atoms with Gasteiger partial charge in [0.2, 0.25) is 11.7 Å². The molecule has 1 aromatic carbocycles. The number of carbonyl (C=O) groups excluding carboxylic acids is 1. The van der Waals surface area contributed by atoms with Gasteiger partial charge in [0.1, 0.15) is 0 Å². The molecule has 112 valence electrons. The molecule has 0 fully saturated rings. The van der Waals surface area contributed by atoms with Crippen LogP contribution in [0, 0.1) is 0 Å². The van der Waals surface area contributed by atoms with Crippen LogP contribution >= 0.6 is 0 Å². The largest absolute Gasteiger partial charge is 0.493 e. The Bertz CT molecular complexity index is 420. The first kappa shape index (κ1) is 16.1. The fourth-order valence-corrected chi connectivity index (χ4v) is 1.89. The van der Waals surface area contributed by atoms with Crippen molar-refractivity contribution in [2.75, 3.05) is 27.9 Å². The molecule has 0 aromatic heterocycles. The summed E-state index contributed by atoms with van der Waals surface area (Å²) in [4.78, 5) is 11.6. The van der Waals surface area contributed by atoms with Crippen LogP contribution in [0.15, 0.2) is 12.1 Å². The molecular weight excluding hydrogens is 258 g/mol. The third kappa shape index (κ3) is 4.33. The lowest BCUT2D eigenvalue weighted by Gasteiger charge is -2.14. The monoisotopic (exact) mass is 281 g/mol. The zero-order chi connectivity index (χ0) is 15.0. The Morgan fingerprint density at radius 2 is 1.70 bits per heavy atom. The maximum atomic E-state index is 11.6. The molecule has 1 rings (SSSR count). The van der Waals surface area contributed by atoms with E-state index in [0.29, 0.717) is 36.6 Å². The molecule has 0 unspecified atom stereocenters. The highest BCUT2D eigenvalue weighted by atomic mass is 16.5. The molecule has 0 saturated carbocycles. The van der Waals surface area contributed by atoms with Crippen molar-refractivity contribution in [3.63, 3.8) is 0 Å². The van der Waals surface area contributed by atoms with Gasteiger partial charge >= 0.3 is 0 Å². The lowest BCUT2D eigenvalue weighted by molar-refractivity contribution is -0.121. The van der Waals surface area contributed by atoms with Gasteiger partial charge in [0.25, 0.3) is 0 Å². The Kier molecular flexibility index (Phi) is 6.70. The van der Waals surface area contributed by atoms with Crippen LogP contribution in [0.4, 0.5) is 0 Å². The van der Waals surface area contributed by atoms with Crippen LogP contribution in [0.1, 0.15) is 25.3 Å². The van der Waals surface area contributed by atoms with Crippen molar-refractivity contribution in [1.82, 2.24) is 5.32 Å². The number of benzene rings is 1. The van der Waals surface area contributed by atoms with Gasteiger partial charge in [-0.1, -0.05) is 6.92 Å². The maximum Gasteiger partial charge on any atom is 0.220 e. The molecular formula is C15H23NO4. The standard InChI is InChI=1S/C15H23NO4/c1-5-8-16-14(17)7-6-11-9-12(18-2)15(20-4)13(10-11)19-3/h9-10H,5-8H2,1-4H3,(H,16,17). The van der Waals surface area contributed by atoms with E-state index in [4.69, 9.17) is 14.2 Å². The van der Waals surface area contributed by atoms with Crippen LogP contribution in [-0.4, -0.2) is 33.8 Å². The van der Waals surface area contributed by atoms with E-state index in [1.807, 2.05) is 19.1 Å². The second kappa shape index (κ2) is 8.30. The zero-order valence-corrected chi connectivity index (χ0v) is 12.6. The SMILES string of the molecule is CCCNC(=O)CCc1cc(OC)c(OC)c(OC)c1. The topological polar surface area (TPSA) is 56.8 Å². The Morgan fingerprint density at radius 1 is 1.10 bits per heavy atom. The summed E-state index contributed by atoms with van der Waals surface area (Å²) in [6, 6.07) is 3.74. The van der Waals surface area contributed by atoms with Crippen molar-refractivity contribution in [2.45, 2.75) is 26.2 Å². The number of hydrogen-bond donors (Lipinski definition) is 1. The smallest absolute Gasteiger partial charge is 0.220 e. The fourth-order valence-electron chi connectivity index (χ4n) is 1.89. The lowest BCUT2D eigenvalue weighted by Crippen LogP contribution is -2.24. The van der Waals surface area contributed by atoms with Crippen molar-refractivity contribution in [1.29, 1.82) is 0 Å². The van der Waals surface area contributed by atoms with E-state index in [1.165, 1.54) is 0 Å². The van der Waals surface area contributed by atoms with Crippen molar-refractivity contribution in [3.05, 3.63) is 17.7 Å². The Balaban J connectivity index is 2.78. The minimum atomic E-state index is 0.0561. The quantitative estimate of drug-likeness (QED) is 0.793. The zero-order valence-electron chi connectivity index (χ0n) is 12.6. The molecule has 5 nitrogen and oxygen atoms in total. The molecule has 1 amide bonds. The van der Waals surface area contributed by atoms with E-state index in [9.17, 15) is 4.79 Å². The molecule has 0 spiro atoms. The predicted molar refractivity (Wildman–Crippen MR) is 77.7 cm³/mol. The van der Waals surface area contributed by atoms with Crippen molar-refractivity contribution in [2.24, 2.45) is 0 Å². The third-order valence-corrected chi connectivity index (χ3v) is 2.94. The van der Waals surface area contributed by atoms with E-state index in [2.05, 4.69) is 5.32 Å². The number of carbonyl (C=O) groups is 1. The summed E-state index contributed by atoms with van der Waals surface area (Å²) >= 11 is 0. The Labute approximate surface area is 120 Å². The van der Waals surface area contributed by atoms with Gasteiger partial charge < -0.3 is 19.5 Å². The van der Waals surface area contributed by atoms with Crippen LogP contribution in [0.5, 0.6) is 17.2 Å². The number of hydrogen-bond acceptors (Lipinski definition) is 4.